The Bertz CT molecular complexity index is 520. The second-order valence-corrected chi connectivity index (χ2v) is 4.61. The van der Waals surface area contributed by atoms with Gasteiger partial charge in [-0.15, -0.1) is 0 Å². The first kappa shape index (κ1) is 13.1. The van der Waals surface area contributed by atoms with E-state index < -0.39 is 43.1 Å². The fourth-order valence-electron chi connectivity index (χ4n) is 2.34. The highest BCUT2D eigenvalue weighted by atomic mass is 16.6. The molecule has 5 N–H and O–H groups in total. The Morgan fingerprint density at radius 2 is 2.20 bits per heavy atom. The van der Waals surface area contributed by atoms with Crippen molar-refractivity contribution in [3.8, 4) is 0 Å². The molecule has 1 saturated heterocycles. The van der Waals surface area contributed by atoms with Gasteiger partial charge < -0.3 is 20.1 Å². The van der Waals surface area contributed by atoms with Crippen molar-refractivity contribution in [2.24, 2.45) is 9.98 Å². The van der Waals surface area contributed by atoms with Crippen molar-refractivity contribution in [1.82, 2.24) is 10.2 Å². The molecule has 0 aromatic heterocycles. The molecule has 3 heterocycles. The molecule has 1 fully saturated rings. The molecule has 1 amide bonds. The third-order valence-electron chi connectivity index (χ3n) is 3.36. The lowest BCUT2D eigenvalue weighted by atomic mass is 10.1. The van der Waals surface area contributed by atoms with Gasteiger partial charge in [0.1, 0.15) is 18.3 Å². The smallest absolute Gasteiger partial charge is 0.259 e. The maximum Gasteiger partial charge on any atom is 0.259 e. The van der Waals surface area contributed by atoms with E-state index in [2.05, 4.69) is 15.3 Å². The van der Waals surface area contributed by atoms with Crippen LogP contribution in [0.3, 0.4) is 0 Å². The monoisotopic (exact) mass is 283 g/mol. The predicted molar refractivity (Wildman–Crippen MR) is 65.2 cm³/mol. The van der Waals surface area contributed by atoms with Gasteiger partial charge in [-0.2, -0.15) is 4.99 Å². The van der Waals surface area contributed by atoms with Gasteiger partial charge in [-0.25, -0.2) is 0 Å². The summed E-state index contributed by atoms with van der Waals surface area (Å²) >= 11 is 0. The highest BCUT2D eigenvalue weighted by Crippen LogP contribution is 2.26. The summed E-state index contributed by atoms with van der Waals surface area (Å²) < 4.78 is 5.34. The molecule has 0 bridgehead atoms. The number of amides is 1. The van der Waals surface area contributed by atoms with Crippen molar-refractivity contribution in [3.05, 3.63) is 0 Å². The van der Waals surface area contributed by atoms with Crippen LogP contribution in [-0.4, -0.2) is 81.4 Å². The maximum absolute atomic E-state index is 11.6. The van der Waals surface area contributed by atoms with Crippen LogP contribution in [0.5, 0.6) is 0 Å². The Morgan fingerprint density at radius 3 is 2.85 bits per heavy atom. The summed E-state index contributed by atoms with van der Waals surface area (Å²) in [4.78, 5) is 20.7. The van der Waals surface area contributed by atoms with Crippen LogP contribution < -0.4 is 5.32 Å². The van der Waals surface area contributed by atoms with Gasteiger partial charge in [0.05, 0.1) is 12.9 Å². The molecular weight excluding hydrogens is 270 g/mol. The number of nitrogens with zero attached hydrogens (tertiary/aromatic N) is 3. The lowest BCUT2D eigenvalue weighted by Crippen LogP contribution is -2.53. The van der Waals surface area contributed by atoms with Crippen LogP contribution in [0, 0.1) is 5.41 Å². The average Bonchev–Trinajstić information content (AvgIpc) is 2.93. The largest absolute Gasteiger partial charge is 0.394 e. The number of rotatable bonds is 2. The van der Waals surface area contributed by atoms with Crippen LogP contribution in [0.25, 0.3) is 0 Å². The lowest BCUT2D eigenvalue weighted by Gasteiger charge is -2.28. The van der Waals surface area contributed by atoms with E-state index in [9.17, 15) is 15.0 Å². The van der Waals surface area contributed by atoms with Gasteiger partial charge in [0.15, 0.2) is 18.1 Å². The Hall–Kier alpha value is -1.88. The molecule has 108 valence electrons. The summed E-state index contributed by atoms with van der Waals surface area (Å²) in [5.41, 5.74) is 0. The Labute approximate surface area is 112 Å². The third kappa shape index (κ3) is 1.81. The van der Waals surface area contributed by atoms with E-state index in [0.717, 1.165) is 0 Å². The first-order valence-corrected chi connectivity index (χ1v) is 5.95. The SMILES string of the molecule is N=C1N=C2C(N=CN2[C@@H]2O[C@H](CO)[C@@H](O)[C@@H]2O)C(=O)N1. The highest BCUT2D eigenvalue weighted by Gasteiger charge is 2.49. The molecule has 20 heavy (non-hydrogen) atoms. The van der Waals surface area contributed by atoms with Crippen molar-refractivity contribution in [2.75, 3.05) is 6.61 Å². The summed E-state index contributed by atoms with van der Waals surface area (Å²) in [6.45, 7) is -0.452. The van der Waals surface area contributed by atoms with Crippen molar-refractivity contribution in [2.45, 2.75) is 30.6 Å². The molecule has 0 aromatic rings. The van der Waals surface area contributed by atoms with Gasteiger partial charge in [0.2, 0.25) is 5.96 Å². The minimum Gasteiger partial charge on any atom is -0.394 e. The van der Waals surface area contributed by atoms with E-state index in [-0.39, 0.29) is 11.8 Å². The van der Waals surface area contributed by atoms with Gasteiger partial charge in [-0.05, 0) is 0 Å². The zero-order valence-corrected chi connectivity index (χ0v) is 10.2. The quantitative estimate of drug-likeness (QED) is 0.356. The molecule has 1 unspecified atom stereocenters. The number of hydrogen-bond donors (Lipinski definition) is 5. The number of guanidine groups is 1. The van der Waals surface area contributed by atoms with Crippen LogP contribution in [0.1, 0.15) is 0 Å². The van der Waals surface area contributed by atoms with Crippen LogP contribution in [-0.2, 0) is 9.53 Å². The number of carbonyl (C=O) groups is 1. The third-order valence-corrected chi connectivity index (χ3v) is 3.36. The van der Waals surface area contributed by atoms with E-state index >= 15 is 0 Å². The van der Waals surface area contributed by atoms with Crippen LogP contribution in [0.4, 0.5) is 0 Å². The first-order chi connectivity index (χ1) is 9.52. The molecule has 0 radical (unpaired) electrons. The molecule has 0 spiro atoms. The second kappa shape index (κ2) is 4.59. The van der Waals surface area contributed by atoms with Crippen molar-refractivity contribution < 1.29 is 24.9 Å². The van der Waals surface area contributed by atoms with Crippen molar-refractivity contribution >= 4 is 24.0 Å². The second-order valence-electron chi connectivity index (χ2n) is 4.61. The van der Waals surface area contributed by atoms with Gasteiger partial charge in [-0.3, -0.25) is 25.4 Å². The highest BCUT2D eigenvalue weighted by molar-refractivity contribution is 6.23. The topological polar surface area (TPSA) is 151 Å². The molecule has 0 saturated carbocycles. The summed E-state index contributed by atoms with van der Waals surface area (Å²) in [5.74, 6) is -0.678. The molecule has 3 rings (SSSR count). The van der Waals surface area contributed by atoms with E-state index in [1.165, 1.54) is 11.2 Å². The van der Waals surface area contributed by atoms with Gasteiger partial charge in [0.25, 0.3) is 5.91 Å². The lowest BCUT2D eigenvalue weighted by molar-refractivity contribution is -0.119. The predicted octanol–water partition coefficient (Wildman–Crippen LogP) is -3.40. The number of nitrogens with one attached hydrogen (secondary N) is 2. The summed E-state index contributed by atoms with van der Waals surface area (Å²) in [7, 11) is 0. The van der Waals surface area contributed by atoms with Crippen LogP contribution in [0.15, 0.2) is 9.98 Å². The molecular formula is C10H13N5O5. The molecule has 3 aliphatic rings. The van der Waals surface area contributed by atoms with E-state index in [4.69, 9.17) is 15.3 Å². The maximum atomic E-state index is 11.6. The number of hydrogen-bond acceptors (Lipinski definition) is 8. The van der Waals surface area contributed by atoms with E-state index in [0.29, 0.717) is 0 Å². The number of carbonyl (C=O) groups excluding carboxylic acids is 1. The van der Waals surface area contributed by atoms with Gasteiger partial charge in [-0.1, -0.05) is 0 Å². The zero-order valence-electron chi connectivity index (χ0n) is 10.2. The van der Waals surface area contributed by atoms with Gasteiger partial charge >= 0.3 is 0 Å². The Balaban J connectivity index is 1.87. The number of aliphatic hydroxyl groups excluding tert-OH is 3. The minimum atomic E-state index is -1.29. The van der Waals surface area contributed by atoms with Crippen LogP contribution in [0.2, 0.25) is 0 Å². The molecule has 0 aromatic carbocycles. The number of amidine groups is 1. The average molecular weight is 283 g/mol. The molecule has 10 heteroatoms. The Kier molecular flexibility index (Phi) is 3.01. The number of aliphatic imine (C=N–C) groups is 2. The standard InChI is InChI=1S/C10H13N5O5/c11-10-13-7-4(8(19)14-10)12-2-15(7)9-6(18)5(17)3(1-16)20-9/h2-6,9,16-18H,1H2,(H2,11,14,19)/t3-,4?,5-,6+,9-/m1/s1. The molecule has 0 aliphatic carbocycles. The normalized spacial score (nSPS) is 39.9. The van der Waals surface area contributed by atoms with Gasteiger partial charge in [0, 0.05) is 0 Å². The summed E-state index contributed by atoms with van der Waals surface area (Å²) in [6.07, 6.45) is -3.23. The number of ether oxygens (including phenoxy) is 1. The molecule has 5 atom stereocenters. The first-order valence-electron chi connectivity index (χ1n) is 5.95. The summed E-state index contributed by atoms with van der Waals surface area (Å²) in [5, 5.41) is 38.3. The molecule has 10 nitrogen and oxygen atoms in total. The summed E-state index contributed by atoms with van der Waals surface area (Å²) in [6, 6.07) is -0.898. The minimum absolute atomic E-state index is 0.147. The van der Waals surface area contributed by atoms with E-state index in [1.807, 2.05) is 0 Å². The Morgan fingerprint density at radius 1 is 1.45 bits per heavy atom. The number of fused-ring (bicyclic) bond motifs is 1. The zero-order chi connectivity index (χ0) is 14.4. The fourth-order valence-corrected chi connectivity index (χ4v) is 2.34. The van der Waals surface area contributed by atoms with Crippen molar-refractivity contribution in [1.29, 1.82) is 5.41 Å². The number of aliphatic hydroxyl groups is 3. The fraction of sp³-hybridized carbons (Fsp3) is 0.600. The van der Waals surface area contributed by atoms with Crippen molar-refractivity contribution in [3.63, 3.8) is 0 Å². The molecule has 3 aliphatic heterocycles. The van der Waals surface area contributed by atoms with E-state index in [1.54, 1.807) is 0 Å². The van der Waals surface area contributed by atoms with Crippen LogP contribution >= 0.6 is 0 Å².